The van der Waals surface area contributed by atoms with Gasteiger partial charge in [0.05, 0.1) is 7.11 Å². The second-order valence-electron chi connectivity index (χ2n) is 3.69. The summed E-state index contributed by atoms with van der Waals surface area (Å²) in [5.41, 5.74) is 7.08. The van der Waals surface area contributed by atoms with Crippen LogP contribution in [0.3, 0.4) is 0 Å². The average Bonchev–Trinajstić information content (AvgIpc) is 2.27. The Morgan fingerprint density at radius 1 is 1.13 bits per heavy atom. The normalized spacial score (nSPS) is 12.7. The second kappa shape index (κ2) is 3.91. The van der Waals surface area contributed by atoms with Gasteiger partial charge in [-0.05, 0) is 23.9 Å². The number of ether oxygens (including phenoxy) is 1. The summed E-state index contributed by atoms with van der Waals surface area (Å²) >= 11 is 0. The smallest absolute Gasteiger partial charge is 0.127 e. The summed E-state index contributed by atoms with van der Waals surface area (Å²) in [4.78, 5) is 0. The van der Waals surface area contributed by atoms with Crippen LogP contribution in [-0.4, -0.2) is 7.11 Å². The molecule has 2 heteroatoms. The monoisotopic (exact) mass is 201 g/mol. The van der Waals surface area contributed by atoms with Gasteiger partial charge in [-0.1, -0.05) is 30.3 Å². The minimum Gasteiger partial charge on any atom is -0.496 e. The molecular formula is C13H15NO. The Bertz CT molecular complexity index is 472. The highest BCUT2D eigenvalue weighted by Crippen LogP contribution is 2.31. The first-order valence-electron chi connectivity index (χ1n) is 5.05. The molecule has 78 valence electrons. The molecule has 0 heterocycles. The first kappa shape index (κ1) is 9.99. The van der Waals surface area contributed by atoms with Crippen LogP contribution in [0.5, 0.6) is 5.75 Å². The standard InChI is InChI=1S/C13H15NO/c1-9(14)11-7-3-5-10-6-4-8-12(15-2)13(10)11/h3-9H,14H2,1-2H3. The topological polar surface area (TPSA) is 35.2 Å². The van der Waals surface area contributed by atoms with Crippen LogP contribution in [0.25, 0.3) is 10.8 Å². The molecule has 1 atom stereocenters. The minimum atomic E-state index is 0.0185. The van der Waals surface area contributed by atoms with Crippen molar-refractivity contribution in [2.24, 2.45) is 5.73 Å². The van der Waals surface area contributed by atoms with Gasteiger partial charge in [0.1, 0.15) is 5.75 Å². The lowest BCUT2D eigenvalue weighted by molar-refractivity contribution is 0.419. The fourth-order valence-corrected chi connectivity index (χ4v) is 1.88. The highest BCUT2D eigenvalue weighted by Gasteiger charge is 2.08. The molecule has 0 aromatic heterocycles. The Labute approximate surface area is 89.7 Å². The molecule has 0 spiro atoms. The van der Waals surface area contributed by atoms with Gasteiger partial charge in [0.25, 0.3) is 0 Å². The molecule has 0 aliphatic heterocycles. The Hall–Kier alpha value is -1.54. The van der Waals surface area contributed by atoms with Crippen molar-refractivity contribution in [1.29, 1.82) is 0 Å². The van der Waals surface area contributed by atoms with Gasteiger partial charge in [0, 0.05) is 11.4 Å². The molecule has 0 fully saturated rings. The van der Waals surface area contributed by atoms with Crippen LogP contribution in [0.15, 0.2) is 36.4 Å². The second-order valence-corrected chi connectivity index (χ2v) is 3.69. The third kappa shape index (κ3) is 1.68. The number of benzene rings is 2. The predicted octanol–water partition coefficient (Wildman–Crippen LogP) is 2.87. The van der Waals surface area contributed by atoms with Gasteiger partial charge in [0.15, 0.2) is 0 Å². The van der Waals surface area contributed by atoms with Crippen LogP contribution in [-0.2, 0) is 0 Å². The van der Waals surface area contributed by atoms with E-state index in [1.165, 1.54) is 5.39 Å². The van der Waals surface area contributed by atoms with E-state index in [2.05, 4.69) is 18.2 Å². The highest BCUT2D eigenvalue weighted by molar-refractivity contribution is 5.91. The molecule has 0 aliphatic rings. The van der Waals surface area contributed by atoms with Gasteiger partial charge in [0.2, 0.25) is 0 Å². The average molecular weight is 201 g/mol. The molecule has 0 bridgehead atoms. The van der Waals surface area contributed by atoms with Crippen molar-refractivity contribution in [2.45, 2.75) is 13.0 Å². The summed E-state index contributed by atoms with van der Waals surface area (Å²) in [5, 5.41) is 2.29. The van der Waals surface area contributed by atoms with Crippen molar-refractivity contribution in [3.63, 3.8) is 0 Å². The quantitative estimate of drug-likeness (QED) is 0.810. The van der Waals surface area contributed by atoms with Crippen LogP contribution < -0.4 is 10.5 Å². The molecule has 2 rings (SSSR count). The summed E-state index contributed by atoms with van der Waals surface area (Å²) in [7, 11) is 1.69. The predicted molar refractivity (Wildman–Crippen MR) is 63.1 cm³/mol. The van der Waals surface area contributed by atoms with Crippen molar-refractivity contribution in [3.05, 3.63) is 42.0 Å². The van der Waals surface area contributed by atoms with Crippen LogP contribution in [0.4, 0.5) is 0 Å². The summed E-state index contributed by atoms with van der Waals surface area (Å²) in [6.07, 6.45) is 0. The molecule has 0 radical (unpaired) electrons. The molecule has 2 N–H and O–H groups in total. The van der Waals surface area contributed by atoms with E-state index < -0.39 is 0 Å². The lowest BCUT2D eigenvalue weighted by Crippen LogP contribution is -2.05. The third-order valence-corrected chi connectivity index (χ3v) is 2.61. The number of rotatable bonds is 2. The lowest BCUT2D eigenvalue weighted by atomic mass is 9.99. The van der Waals surface area contributed by atoms with Crippen molar-refractivity contribution < 1.29 is 4.74 Å². The molecular weight excluding hydrogens is 186 g/mol. The van der Waals surface area contributed by atoms with Crippen LogP contribution in [0.1, 0.15) is 18.5 Å². The van der Waals surface area contributed by atoms with Crippen LogP contribution in [0, 0.1) is 0 Å². The number of nitrogens with two attached hydrogens (primary N) is 1. The zero-order valence-electron chi connectivity index (χ0n) is 9.03. The van der Waals surface area contributed by atoms with Crippen molar-refractivity contribution in [1.82, 2.24) is 0 Å². The molecule has 0 aliphatic carbocycles. The minimum absolute atomic E-state index is 0.0185. The van der Waals surface area contributed by atoms with E-state index in [1.54, 1.807) is 7.11 Å². The van der Waals surface area contributed by atoms with Gasteiger partial charge < -0.3 is 10.5 Å². The van der Waals surface area contributed by atoms with E-state index in [-0.39, 0.29) is 6.04 Å². The third-order valence-electron chi connectivity index (χ3n) is 2.61. The largest absolute Gasteiger partial charge is 0.496 e. The zero-order chi connectivity index (χ0) is 10.8. The van der Waals surface area contributed by atoms with E-state index in [1.807, 2.05) is 25.1 Å². The van der Waals surface area contributed by atoms with Gasteiger partial charge in [-0.15, -0.1) is 0 Å². The van der Waals surface area contributed by atoms with Gasteiger partial charge in [-0.3, -0.25) is 0 Å². The summed E-state index contributed by atoms with van der Waals surface area (Å²) in [6, 6.07) is 12.2. The molecule has 2 aromatic rings. The fourth-order valence-electron chi connectivity index (χ4n) is 1.88. The summed E-state index contributed by atoms with van der Waals surface area (Å²) in [6.45, 7) is 1.99. The molecule has 0 saturated heterocycles. The first-order chi connectivity index (χ1) is 7.24. The van der Waals surface area contributed by atoms with Gasteiger partial charge in [-0.25, -0.2) is 0 Å². The molecule has 2 aromatic carbocycles. The Balaban J connectivity index is 2.81. The Kier molecular flexibility index (Phi) is 2.60. The van der Waals surface area contributed by atoms with Crippen molar-refractivity contribution in [2.75, 3.05) is 7.11 Å². The number of methoxy groups -OCH3 is 1. The molecule has 2 nitrogen and oxygen atoms in total. The molecule has 0 saturated carbocycles. The lowest BCUT2D eigenvalue weighted by Gasteiger charge is -2.12. The van der Waals surface area contributed by atoms with Gasteiger partial charge >= 0.3 is 0 Å². The molecule has 1 unspecified atom stereocenters. The maximum absolute atomic E-state index is 5.95. The number of hydrogen-bond acceptors (Lipinski definition) is 2. The first-order valence-corrected chi connectivity index (χ1v) is 5.05. The van der Waals surface area contributed by atoms with E-state index in [0.29, 0.717) is 0 Å². The van der Waals surface area contributed by atoms with Crippen LogP contribution >= 0.6 is 0 Å². The van der Waals surface area contributed by atoms with Crippen molar-refractivity contribution in [3.8, 4) is 5.75 Å². The Morgan fingerprint density at radius 2 is 1.80 bits per heavy atom. The van der Waals surface area contributed by atoms with Gasteiger partial charge in [-0.2, -0.15) is 0 Å². The maximum atomic E-state index is 5.95. The summed E-state index contributed by atoms with van der Waals surface area (Å²) in [5.74, 6) is 0.889. The SMILES string of the molecule is COc1cccc2cccc(C(C)N)c12. The van der Waals surface area contributed by atoms with Crippen LogP contribution in [0.2, 0.25) is 0 Å². The summed E-state index contributed by atoms with van der Waals surface area (Å²) < 4.78 is 5.36. The van der Waals surface area contributed by atoms with E-state index in [4.69, 9.17) is 10.5 Å². The van der Waals surface area contributed by atoms with E-state index >= 15 is 0 Å². The van der Waals surface area contributed by atoms with E-state index in [0.717, 1.165) is 16.7 Å². The molecule has 15 heavy (non-hydrogen) atoms. The van der Waals surface area contributed by atoms with E-state index in [9.17, 15) is 0 Å². The maximum Gasteiger partial charge on any atom is 0.127 e. The fraction of sp³-hybridized carbons (Fsp3) is 0.231. The Morgan fingerprint density at radius 3 is 2.40 bits per heavy atom. The molecule has 0 amide bonds. The zero-order valence-corrected chi connectivity index (χ0v) is 9.03. The highest BCUT2D eigenvalue weighted by atomic mass is 16.5. The number of fused-ring (bicyclic) bond motifs is 1. The van der Waals surface area contributed by atoms with Crippen molar-refractivity contribution >= 4 is 10.8 Å². The number of hydrogen-bond donors (Lipinski definition) is 1.